The van der Waals surface area contributed by atoms with E-state index in [1.807, 2.05) is 0 Å². The number of fused-ring (bicyclic) bond motifs is 1. The molecule has 2 rings (SSSR count). The molecule has 1 aliphatic rings. The minimum Gasteiger partial charge on any atom is -0.361 e. The van der Waals surface area contributed by atoms with Crippen LogP contribution in [0, 0.1) is 0 Å². The quantitative estimate of drug-likeness (QED) is 0.663. The van der Waals surface area contributed by atoms with E-state index in [0.29, 0.717) is 19.0 Å². The Balaban J connectivity index is 2.27. The Morgan fingerprint density at radius 1 is 1.71 bits per heavy atom. The fourth-order valence-electron chi connectivity index (χ4n) is 1.64. The largest absolute Gasteiger partial charge is 0.361 e. The van der Waals surface area contributed by atoms with Gasteiger partial charge in [-0.15, -0.1) is 11.6 Å². The summed E-state index contributed by atoms with van der Waals surface area (Å²) in [6, 6.07) is 0. The van der Waals surface area contributed by atoms with Crippen LogP contribution in [0.4, 0.5) is 0 Å². The average Bonchev–Trinajstić information content (AvgIpc) is 2.59. The minimum atomic E-state index is 0.0809. The minimum absolute atomic E-state index is 0.0809. The van der Waals surface area contributed by atoms with E-state index >= 15 is 0 Å². The van der Waals surface area contributed by atoms with Gasteiger partial charge in [0.15, 0.2) is 0 Å². The zero-order valence-electron chi connectivity index (χ0n) is 7.92. The van der Waals surface area contributed by atoms with Crippen LogP contribution in [0.1, 0.15) is 23.9 Å². The van der Waals surface area contributed by atoms with E-state index in [2.05, 4.69) is 5.16 Å². The lowest BCUT2D eigenvalue weighted by Crippen LogP contribution is -2.34. The van der Waals surface area contributed by atoms with E-state index in [4.69, 9.17) is 16.1 Å². The lowest BCUT2D eigenvalue weighted by Gasteiger charge is -2.24. The molecule has 2 heterocycles. The molecule has 0 radical (unpaired) electrons. The Kier molecular flexibility index (Phi) is 2.46. The number of aromatic nitrogens is 1. The average molecular weight is 215 g/mol. The third-order valence-electron chi connectivity index (χ3n) is 2.48. The molecule has 1 aromatic heterocycles. The van der Waals surface area contributed by atoms with Gasteiger partial charge in [0.2, 0.25) is 5.91 Å². The lowest BCUT2D eigenvalue weighted by molar-refractivity contribution is -0.129. The summed E-state index contributed by atoms with van der Waals surface area (Å²) < 4.78 is 5.13. The summed E-state index contributed by atoms with van der Waals surface area (Å²) in [6.07, 6.45) is 0.735. The third kappa shape index (κ3) is 1.50. The number of nitrogens with zero attached hydrogens (tertiary/aromatic N) is 2. The molecule has 5 heteroatoms. The maximum atomic E-state index is 11.2. The zero-order valence-corrected chi connectivity index (χ0v) is 8.67. The summed E-state index contributed by atoms with van der Waals surface area (Å²) in [5.74, 6) is 1.29. The van der Waals surface area contributed by atoms with Gasteiger partial charge in [-0.3, -0.25) is 4.79 Å². The predicted molar refractivity (Wildman–Crippen MR) is 50.9 cm³/mol. The molecule has 0 spiro atoms. The summed E-state index contributed by atoms with van der Waals surface area (Å²) in [5, 5.41) is 3.87. The molecule has 4 nitrogen and oxygen atoms in total. The van der Waals surface area contributed by atoms with Crippen LogP contribution in [0.5, 0.6) is 0 Å². The van der Waals surface area contributed by atoms with E-state index in [-0.39, 0.29) is 5.91 Å². The van der Waals surface area contributed by atoms with Gasteiger partial charge in [-0.05, 0) is 0 Å². The molecule has 0 atom stereocenters. The molecule has 0 N–H and O–H groups in total. The molecule has 1 aliphatic heterocycles. The van der Waals surface area contributed by atoms with Crippen LogP contribution >= 0.6 is 11.6 Å². The summed E-state index contributed by atoms with van der Waals surface area (Å²) in [6.45, 7) is 2.86. The summed E-state index contributed by atoms with van der Waals surface area (Å²) in [5.41, 5.74) is 1.74. The van der Waals surface area contributed by atoms with Gasteiger partial charge in [0, 0.05) is 25.5 Å². The molecule has 0 bridgehead atoms. The topological polar surface area (TPSA) is 46.3 Å². The molecule has 0 aromatic carbocycles. The molecule has 14 heavy (non-hydrogen) atoms. The number of amides is 1. The summed E-state index contributed by atoms with van der Waals surface area (Å²) >= 11 is 5.71. The van der Waals surface area contributed by atoms with Crippen LogP contribution < -0.4 is 0 Å². The Morgan fingerprint density at radius 2 is 2.50 bits per heavy atom. The first-order valence-corrected chi connectivity index (χ1v) is 5.03. The van der Waals surface area contributed by atoms with Crippen molar-refractivity contribution in [2.45, 2.75) is 25.8 Å². The van der Waals surface area contributed by atoms with Crippen molar-refractivity contribution in [2.75, 3.05) is 6.54 Å². The number of hydrogen-bond donors (Lipinski definition) is 0. The number of alkyl halides is 1. The standard InChI is InChI=1S/C9H11ClN2O2/c1-6(13)12-3-2-9-7(5-12)8(4-10)11-14-9/h2-5H2,1H3. The van der Waals surface area contributed by atoms with Crippen molar-refractivity contribution in [1.82, 2.24) is 10.1 Å². The Hall–Kier alpha value is -1.03. The number of carbonyl (C=O) groups excluding carboxylic acids is 1. The van der Waals surface area contributed by atoms with Crippen molar-refractivity contribution in [2.24, 2.45) is 0 Å². The molecule has 1 aromatic rings. The highest BCUT2D eigenvalue weighted by Gasteiger charge is 2.24. The molecule has 0 unspecified atom stereocenters. The fourth-order valence-corrected chi connectivity index (χ4v) is 1.85. The second-order valence-electron chi connectivity index (χ2n) is 3.36. The van der Waals surface area contributed by atoms with Gasteiger partial charge in [-0.25, -0.2) is 0 Å². The first-order chi connectivity index (χ1) is 6.72. The molecule has 0 saturated carbocycles. The van der Waals surface area contributed by atoms with Gasteiger partial charge in [0.25, 0.3) is 0 Å². The highest BCUT2D eigenvalue weighted by molar-refractivity contribution is 6.17. The number of rotatable bonds is 1. The lowest BCUT2D eigenvalue weighted by atomic mass is 10.1. The van der Waals surface area contributed by atoms with Crippen LogP contribution in [0.25, 0.3) is 0 Å². The van der Waals surface area contributed by atoms with Crippen molar-refractivity contribution in [1.29, 1.82) is 0 Å². The molecule has 0 fully saturated rings. The fraction of sp³-hybridized carbons (Fsp3) is 0.556. The normalized spacial score (nSPS) is 15.4. The van der Waals surface area contributed by atoms with E-state index in [9.17, 15) is 4.79 Å². The van der Waals surface area contributed by atoms with Gasteiger partial charge >= 0.3 is 0 Å². The molecule has 0 saturated heterocycles. The molecule has 76 valence electrons. The van der Waals surface area contributed by atoms with E-state index < -0.39 is 0 Å². The van der Waals surface area contributed by atoms with E-state index in [1.54, 1.807) is 11.8 Å². The Bertz CT molecular complexity index is 348. The van der Waals surface area contributed by atoms with Crippen LogP contribution in [-0.4, -0.2) is 22.5 Å². The summed E-state index contributed by atoms with van der Waals surface area (Å²) in [4.78, 5) is 12.9. The highest BCUT2D eigenvalue weighted by Crippen LogP contribution is 2.23. The number of halogens is 1. The van der Waals surface area contributed by atoms with Gasteiger partial charge in [0.1, 0.15) is 11.5 Å². The smallest absolute Gasteiger partial charge is 0.219 e. The van der Waals surface area contributed by atoms with Gasteiger partial charge in [0.05, 0.1) is 12.4 Å². The van der Waals surface area contributed by atoms with Crippen molar-refractivity contribution >= 4 is 17.5 Å². The second kappa shape index (κ2) is 3.61. The van der Waals surface area contributed by atoms with E-state index in [0.717, 1.165) is 23.4 Å². The maximum Gasteiger partial charge on any atom is 0.219 e. The van der Waals surface area contributed by atoms with Gasteiger partial charge < -0.3 is 9.42 Å². The maximum absolute atomic E-state index is 11.2. The monoisotopic (exact) mass is 214 g/mol. The SMILES string of the molecule is CC(=O)N1CCc2onc(CCl)c2C1. The van der Waals surface area contributed by atoms with Crippen LogP contribution in [0.3, 0.4) is 0 Å². The first kappa shape index (κ1) is 9.52. The molecule has 0 aliphatic carbocycles. The van der Waals surface area contributed by atoms with Crippen LogP contribution in [-0.2, 0) is 23.6 Å². The van der Waals surface area contributed by atoms with Gasteiger partial charge in [-0.2, -0.15) is 0 Å². The zero-order chi connectivity index (χ0) is 10.1. The Labute approximate surface area is 86.8 Å². The van der Waals surface area contributed by atoms with Crippen LogP contribution in [0.15, 0.2) is 4.52 Å². The predicted octanol–water partition coefficient (Wildman–Crippen LogP) is 1.32. The molecular weight excluding hydrogens is 204 g/mol. The highest BCUT2D eigenvalue weighted by atomic mass is 35.5. The summed E-state index contributed by atoms with van der Waals surface area (Å²) in [7, 11) is 0. The first-order valence-electron chi connectivity index (χ1n) is 4.50. The van der Waals surface area contributed by atoms with Crippen molar-refractivity contribution in [3.63, 3.8) is 0 Å². The molecule has 1 amide bonds. The number of carbonyl (C=O) groups is 1. The van der Waals surface area contributed by atoms with Gasteiger partial charge in [-0.1, -0.05) is 5.16 Å². The van der Waals surface area contributed by atoms with Crippen molar-refractivity contribution in [3.8, 4) is 0 Å². The van der Waals surface area contributed by atoms with Crippen molar-refractivity contribution < 1.29 is 9.32 Å². The molecular formula is C9H11ClN2O2. The number of hydrogen-bond acceptors (Lipinski definition) is 3. The second-order valence-corrected chi connectivity index (χ2v) is 3.62. The third-order valence-corrected chi connectivity index (χ3v) is 2.73. The van der Waals surface area contributed by atoms with Crippen LogP contribution in [0.2, 0.25) is 0 Å². The van der Waals surface area contributed by atoms with E-state index in [1.165, 1.54) is 0 Å². The Morgan fingerprint density at radius 3 is 3.14 bits per heavy atom. The van der Waals surface area contributed by atoms with Crippen molar-refractivity contribution in [3.05, 3.63) is 17.0 Å².